The molecule has 6 heteroatoms. The van der Waals surface area contributed by atoms with Gasteiger partial charge in [0.1, 0.15) is 0 Å². The number of carboxylic acid groups (broad SMARTS) is 1. The maximum absolute atomic E-state index is 12.0. The van der Waals surface area contributed by atoms with Crippen LogP contribution in [0.25, 0.3) is 0 Å². The zero-order valence-electron chi connectivity index (χ0n) is 9.24. The molecule has 90 valence electrons. The fourth-order valence-corrected chi connectivity index (χ4v) is 1.96. The maximum Gasteiger partial charge on any atom is 0.308 e. The summed E-state index contributed by atoms with van der Waals surface area (Å²) in [5, 5.41) is 16.2. The molecule has 0 aliphatic carbocycles. The lowest BCUT2D eigenvalue weighted by Crippen LogP contribution is -2.42. The minimum atomic E-state index is -0.838. The van der Waals surface area contributed by atoms with Gasteiger partial charge in [0.15, 0.2) is 0 Å². The molecule has 1 aliphatic heterocycles. The molecule has 1 aromatic rings. The smallest absolute Gasteiger partial charge is 0.308 e. The Balaban J connectivity index is 2.07. The summed E-state index contributed by atoms with van der Waals surface area (Å²) < 4.78 is 0. The highest BCUT2D eigenvalue weighted by Gasteiger charge is 2.28. The second kappa shape index (κ2) is 4.90. The third-order valence-corrected chi connectivity index (χ3v) is 2.89. The van der Waals surface area contributed by atoms with Gasteiger partial charge in [0, 0.05) is 13.1 Å². The van der Waals surface area contributed by atoms with Gasteiger partial charge in [-0.3, -0.25) is 9.59 Å². The van der Waals surface area contributed by atoms with Crippen molar-refractivity contribution in [1.29, 1.82) is 0 Å². The number of amides is 1. The van der Waals surface area contributed by atoms with E-state index in [1.54, 1.807) is 11.0 Å². The van der Waals surface area contributed by atoms with Crippen molar-refractivity contribution in [1.82, 2.24) is 15.1 Å². The van der Waals surface area contributed by atoms with Gasteiger partial charge in [-0.25, -0.2) is 0 Å². The lowest BCUT2D eigenvalue weighted by Gasteiger charge is -2.30. The van der Waals surface area contributed by atoms with Crippen LogP contribution in [0.4, 0.5) is 0 Å². The first-order valence-corrected chi connectivity index (χ1v) is 5.47. The SMILES string of the molecule is O=C(O)[C@@H]1CCCN(C(=O)c2ccnnc2)C1. The van der Waals surface area contributed by atoms with Crippen molar-refractivity contribution in [3.05, 3.63) is 24.0 Å². The van der Waals surface area contributed by atoms with E-state index < -0.39 is 11.9 Å². The van der Waals surface area contributed by atoms with Gasteiger partial charge in [-0.2, -0.15) is 10.2 Å². The number of likely N-dealkylation sites (tertiary alicyclic amines) is 1. The number of carbonyl (C=O) groups excluding carboxylic acids is 1. The molecule has 1 saturated heterocycles. The second-order valence-corrected chi connectivity index (χ2v) is 4.06. The van der Waals surface area contributed by atoms with Gasteiger partial charge in [-0.1, -0.05) is 0 Å². The van der Waals surface area contributed by atoms with E-state index in [1.165, 1.54) is 12.4 Å². The van der Waals surface area contributed by atoms with Gasteiger partial charge in [-0.15, -0.1) is 0 Å². The summed E-state index contributed by atoms with van der Waals surface area (Å²) in [5.41, 5.74) is 0.450. The summed E-state index contributed by atoms with van der Waals surface area (Å²) in [6.07, 6.45) is 4.20. The molecule has 1 N–H and O–H groups in total. The van der Waals surface area contributed by atoms with Gasteiger partial charge in [0.25, 0.3) is 5.91 Å². The van der Waals surface area contributed by atoms with Crippen molar-refractivity contribution in [3.8, 4) is 0 Å². The van der Waals surface area contributed by atoms with Crippen LogP contribution in [0.5, 0.6) is 0 Å². The van der Waals surface area contributed by atoms with E-state index in [9.17, 15) is 9.59 Å². The van der Waals surface area contributed by atoms with Gasteiger partial charge in [0.2, 0.25) is 0 Å². The van der Waals surface area contributed by atoms with Crippen LogP contribution in [-0.2, 0) is 4.79 Å². The van der Waals surface area contributed by atoms with Crippen molar-refractivity contribution in [2.45, 2.75) is 12.8 Å². The highest BCUT2D eigenvalue weighted by Crippen LogP contribution is 2.18. The minimum Gasteiger partial charge on any atom is -0.481 e. The van der Waals surface area contributed by atoms with Gasteiger partial charge >= 0.3 is 5.97 Å². The number of nitrogens with zero attached hydrogens (tertiary/aromatic N) is 3. The molecule has 1 fully saturated rings. The predicted molar refractivity (Wildman–Crippen MR) is 58.3 cm³/mol. The molecular weight excluding hydrogens is 222 g/mol. The van der Waals surface area contributed by atoms with Crippen LogP contribution in [0.2, 0.25) is 0 Å². The highest BCUT2D eigenvalue weighted by atomic mass is 16.4. The van der Waals surface area contributed by atoms with E-state index >= 15 is 0 Å². The Labute approximate surface area is 98.3 Å². The average molecular weight is 235 g/mol. The average Bonchev–Trinajstić information content (AvgIpc) is 2.39. The summed E-state index contributed by atoms with van der Waals surface area (Å²) in [7, 11) is 0. The van der Waals surface area contributed by atoms with E-state index in [0.29, 0.717) is 18.5 Å². The third kappa shape index (κ3) is 2.58. The van der Waals surface area contributed by atoms with E-state index in [2.05, 4.69) is 10.2 Å². The van der Waals surface area contributed by atoms with Crippen LogP contribution in [0.3, 0.4) is 0 Å². The Bertz CT molecular complexity index is 421. The van der Waals surface area contributed by atoms with Crippen LogP contribution in [0.15, 0.2) is 18.5 Å². The number of carbonyl (C=O) groups is 2. The molecule has 0 radical (unpaired) electrons. The number of aliphatic carboxylic acids is 1. The standard InChI is InChI=1S/C11H13N3O3/c15-10(8-3-4-12-13-6-8)14-5-1-2-9(7-14)11(16)17/h3-4,6,9H,1-2,5,7H2,(H,16,17)/t9-/m1/s1. The summed E-state index contributed by atoms with van der Waals surface area (Å²) in [4.78, 5) is 24.5. The first-order chi connectivity index (χ1) is 8.18. The van der Waals surface area contributed by atoms with Crippen molar-refractivity contribution < 1.29 is 14.7 Å². The van der Waals surface area contributed by atoms with Crippen molar-refractivity contribution in [3.63, 3.8) is 0 Å². The lowest BCUT2D eigenvalue weighted by molar-refractivity contribution is -0.143. The molecule has 0 spiro atoms. The number of rotatable bonds is 2. The number of hydrogen-bond donors (Lipinski definition) is 1. The number of hydrogen-bond acceptors (Lipinski definition) is 4. The Morgan fingerprint density at radius 3 is 2.88 bits per heavy atom. The molecule has 1 aliphatic rings. The molecule has 1 aromatic heterocycles. The molecular formula is C11H13N3O3. The Hall–Kier alpha value is -1.98. The molecule has 2 rings (SSSR count). The highest BCUT2D eigenvalue weighted by molar-refractivity contribution is 5.94. The molecule has 2 heterocycles. The van der Waals surface area contributed by atoms with E-state index in [4.69, 9.17) is 5.11 Å². The van der Waals surface area contributed by atoms with Gasteiger partial charge < -0.3 is 10.0 Å². The lowest BCUT2D eigenvalue weighted by atomic mass is 9.98. The van der Waals surface area contributed by atoms with E-state index in [-0.39, 0.29) is 12.5 Å². The number of aromatic nitrogens is 2. The molecule has 0 saturated carbocycles. The third-order valence-electron chi connectivity index (χ3n) is 2.89. The maximum atomic E-state index is 12.0. The quantitative estimate of drug-likeness (QED) is 0.802. The molecule has 0 bridgehead atoms. The summed E-state index contributed by atoms with van der Waals surface area (Å²) in [6, 6.07) is 1.58. The largest absolute Gasteiger partial charge is 0.481 e. The summed E-state index contributed by atoms with van der Waals surface area (Å²) in [6.45, 7) is 0.876. The Kier molecular flexibility index (Phi) is 3.32. The normalized spacial score (nSPS) is 20.0. The van der Waals surface area contributed by atoms with E-state index in [0.717, 1.165) is 6.42 Å². The first kappa shape index (κ1) is 11.5. The molecule has 0 unspecified atom stereocenters. The van der Waals surface area contributed by atoms with Crippen molar-refractivity contribution in [2.75, 3.05) is 13.1 Å². The fourth-order valence-electron chi connectivity index (χ4n) is 1.96. The van der Waals surface area contributed by atoms with Crippen LogP contribution >= 0.6 is 0 Å². The van der Waals surface area contributed by atoms with Crippen molar-refractivity contribution in [2.24, 2.45) is 5.92 Å². The molecule has 0 aromatic carbocycles. The van der Waals surface area contributed by atoms with Crippen LogP contribution < -0.4 is 0 Å². The van der Waals surface area contributed by atoms with Crippen molar-refractivity contribution >= 4 is 11.9 Å². The first-order valence-electron chi connectivity index (χ1n) is 5.47. The Morgan fingerprint density at radius 2 is 2.24 bits per heavy atom. The number of piperidine rings is 1. The molecule has 1 amide bonds. The second-order valence-electron chi connectivity index (χ2n) is 4.06. The molecule has 6 nitrogen and oxygen atoms in total. The minimum absolute atomic E-state index is 0.175. The van der Waals surface area contributed by atoms with Crippen LogP contribution in [0, 0.1) is 5.92 Å². The Morgan fingerprint density at radius 1 is 1.41 bits per heavy atom. The predicted octanol–water partition coefficient (Wildman–Crippen LogP) is 0.413. The zero-order chi connectivity index (χ0) is 12.3. The summed E-state index contributed by atoms with van der Waals surface area (Å²) in [5.74, 6) is -1.47. The molecule has 1 atom stereocenters. The zero-order valence-corrected chi connectivity index (χ0v) is 9.24. The number of carboxylic acids is 1. The monoisotopic (exact) mass is 235 g/mol. The van der Waals surface area contributed by atoms with Gasteiger partial charge in [-0.05, 0) is 18.9 Å². The van der Waals surface area contributed by atoms with Crippen LogP contribution in [0.1, 0.15) is 23.2 Å². The topological polar surface area (TPSA) is 83.4 Å². The summed E-state index contributed by atoms with van der Waals surface area (Å²) >= 11 is 0. The van der Waals surface area contributed by atoms with Gasteiger partial charge in [0.05, 0.1) is 23.9 Å². The van der Waals surface area contributed by atoms with Crippen LogP contribution in [-0.4, -0.2) is 45.2 Å². The fraction of sp³-hybridized carbons (Fsp3) is 0.455. The molecule has 17 heavy (non-hydrogen) atoms. The van der Waals surface area contributed by atoms with E-state index in [1.807, 2.05) is 0 Å².